The third-order valence-corrected chi connectivity index (χ3v) is 5.27. The lowest BCUT2D eigenvalue weighted by atomic mass is 9.85. The number of para-hydroxylation sites is 1. The van der Waals surface area contributed by atoms with Crippen LogP contribution in [0.25, 0.3) is 0 Å². The van der Waals surface area contributed by atoms with Gasteiger partial charge in [0, 0.05) is 23.3 Å². The van der Waals surface area contributed by atoms with Crippen molar-refractivity contribution in [2.75, 3.05) is 6.61 Å². The molecule has 2 unspecified atom stereocenters. The Hall–Kier alpha value is -1.43. The maximum Gasteiger partial charge on any atom is 0.122 e. The number of nitrogens with two attached hydrogens (primary N) is 1. The number of fused-ring (bicyclic) bond motifs is 1. The number of aromatic nitrogens is 1. The molecule has 112 valence electrons. The minimum atomic E-state index is 0.181. The van der Waals surface area contributed by atoms with Crippen molar-refractivity contribution in [3.05, 3.63) is 45.4 Å². The molecule has 2 aromatic rings. The van der Waals surface area contributed by atoms with Crippen molar-refractivity contribution >= 4 is 11.3 Å². The van der Waals surface area contributed by atoms with Gasteiger partial charge in [0.15, 0.2) is 0 Å². The fourth-order valence-electron chi connectivity index (χ4n) is 2.92. The summed E-state index contributed by atoms with van der Waals surface area (Å²) in [5.74, 6) is 7.19. The van der Waals surface area contributed by atoms with Crippen LogP contribution in [0.2, 0.25) is 0 Å². The lowest BCUT2D eigenvalue weighted by Crippen LogP contribution is -2.42. The molecule has 0 spiro atoms. The first-order valence-corrected chi connectivity index (χ1v) is 8.11. The van der Waals surface area contributed by atoms with Gasteiger partial charge < -0.3 is 4.74 Å². The molecule has 0 saturated heterocycles. The first-order chi connectivity index (χ1) is 10.2. The largest absolute Gasteiger partial charge is 0.493 e. The second kappa shape index (κ2) is 6.13. The van der Waals surface area contributed by atoms with Gasteiger partial charge in [-0.1, -0.05) is 18.2 Å². The minimum absolute atomic E-state index is 0.181. The van der Waals surface area contributed by atoms with Crippen molar-refractivity contribution < 1.29 is 4.74 Å². The lowest BCUT2D eigenvalue weighted by molar-refractivity contribution is 0.245. The van der Waals surface area contributed by atoms with Crippen LogP contribution < -0.4 is 16.0 Å². The second-order valence-electron chi connectivity index (χ2n) is 5.51. The van der Waals surface area contributed by atoms with Gasteiger partial charge in [0.05, 0.1) is 17.3 Å². The zero-order valence-corrected chi connectivity index (χ0v) is 13.2. The summed E-state index contributed by atoms with van der Waals surface area (Å²) in [6.45, 7) is 4.92. The molecule has 0 fully saturated rings. The Morgan fingerprint density at radius 2 is 2.24 bits per heavy atom. The Balaban J connectivity index is 1.84. The van der Waals surface area contributed by atoms with Crippen molar-refractivity contribution in [3.63, 3.8) is 0 Å². The van der Waals surface area contributed by atoms with Gasteiger partial charge in [-0.05, 0) is 31.9 Å². The molecule has 2 atom stereocenters. The van der Waals surface area contributed by atoms with E-state index in [-0.39, 0.29) is 6.04 Å². The molecule has 1 aromatic carbocycles. The number of nitrogens with one attached hydrogen (secondary N) is 1. The monoisotopic (exact) mass is 303 g/mol. The second-order valence-corrected chi connectivity index (χ2v) is 6.80. The van der Waals surface area contributed by atoms with E-state index in [1.54, 1.807) is 11.3 Å². The van der Waals surface area contributed by atoms with Crippen molar-refractivity contribution in [2.24, 2.45) is 5.84 Å². The van der Waals surface area contributed by atoms with E-state index in [4.69, 9.17) is 10.6 Å². The molecule has 0 bridgehead atoms. The van der Waals surface area contributed by atoms with Crippen molar-refractivity contribution in [1.29, 1.82) is 0 Å². The summed E-state index contributed by atoms with van der Waals surface area (Å²) in [7, 11) is 0. The highest BCUT2D eigenvalue weighted by molar-refractivity contribution is 7.11. The first kappa shape index (κ1) is 14.5. The van der Waals surface area contributed by atoms with Crippen molar-refractivity contribution in [1.82, 2.24) is 10.4 Å². The Kier molecular flexibility index (Phi) is 4.24. The van der Waals surface area contributed by atoms with E-state index in [9.17, 15) is 0 Å². The molecule has 3 N–H and O–H groups in total. The molecule has 5 heteroatoms. The van der Waals surface area contributed by atoms with E-state index in [0.29, 0.717) is 5.92 Å². The lowest BCUT2D eigenvalue weighted by Gasteiger charge is -2.31. The highest BCUT2D eigenvalue weighted by atomic mass is 32.1. The average Bonchev–Trinajstić information content (AvgIpc) is 2.82. The fraction of sp³-hybridized carbons (Fsp3) is 0.438. The molecule has 0 aliphatic carbocycles. The average molecular weight is 303 g/mol. The highest BCUT2D eigenvalue weighted by Crippen LogP contribution is 2.36. The van der Waals surface area contributed by atoms with E-state index in [2.05, 4.69) is 36.4 Å². The van der Waals surface area contributed by atoms with Gasteiger partial charge in [0.1, 0.15) is 5.75 Å². The van der Waals surface area contributed by atoms with Crippen LogP contribution in [0.4, 0.5) is 0 Å². The Morgan fingerprint density at radius 3 is 2.95 bits per heavy atom. The Labute approximate surface area is 129 Å². The van der Waals surface area contributed by atoms with Crippen LogP contribution in [-0.2, 0) is 6.42 Å². The van der Waals surface area contributed by atoms with Crippen molar-refractivity contribution in [2.45, 2.75) is 38.6 Å². The van der Waals surface area contributed by atoms with Gasteiger partial charge in [-0.3, -0.25) is 11.3 Å². The van der Waals surface area contributed by atoms with Gasteiger partial charge >= 0.3 is 0 Å². The standard InChI is InChI=1S/C16H21N3OS/c1-10-11(2)21-16(18-10)9-14(19-17)12-7-8-20-15-6-4-3-5-13(12)15/h3-6,12,14,19H,7-9,17H2,1-2H3. The number of hydrogen-bond acceptors (Lipinski definition) is 5. The number of thiazole rings is 1. The zero-order chi connectivity index (χ0) is 14.8. The number of ether oxygens (including phenoxy) is 1. The normalized spacial score (nSPS) is 18.9. The molecule has 1 aromatic heterocycles. The number of rotatable bonds is 4. The predicted octanol–water partition coefficient (Wildman–Crippen LogP) is 2.70. The van der Waals surface area contributed by atoms with Crippen LogP contribution in [0.3, 0.4) is 0 Å². The molecule has 1 aliphatic rings. The fourth-order valence-corrected chi connectivity index (χ4v) is 3.91. The van der Waals surface area contributed by atoms with Gasteiger partial charge in [0.2, 0.25) is 0 Å². The van der Waals surface area contributed by atoms with Crippen LogP contribution in [0.5, 0.6) is 5.75 Å². The maximum absolute atomic E-state index is 5.84. The third-order valence-electron chi connectivity index (χ3n) is 4.17. The molecule has 21 heavy (non-hydrogen) atoms. The van der Waals surface area contributed by atoms with Crippen LogP contribution in [-0.4, -0.2) is 17.6 Å². The van der Waals surface area contributed by atoms with Crippen LogP contribution in [0.15, 0.2) is 24.3 Å². The van der Waals surface area contributed by atoms with Crippen LogP contribution in [0, 0.1) is 13.8 Å². The van der Waals surface area contributed by atoms with E-state index in [0.717, 1.165) is 35.9 Å². The van der Waals surface area contributed by atoms with Crippen LogP contribution >= 0.6 is 11.3 Å². The summed E-state index contributed by atoms with van der Waals surface area (Å²) in [5, 5.41) is 1.15. The number of nitrogens with zero attached hydrogens (tertiary/aromatic N) is 1. The summed E-state index contributed by atoms with van der Waals surface area (Å²) >= 11 is 1.77. The summed E-state index contributed by atoms with van der Waals surface area (Å²) in [5.41, 5.74) is 5.37. The number of hydrogen-bond donors (Lipinski definition) is 2. The SMILES string of the molecule is Cc1nc(CC(NN)C2CCOc3ccccc32)sc1C. The summed E-state index contributed by atoms with van der Waals surface area (Å²) in [6.07, 6.45) is 1.84. The number of hydrazine groups is 1. The highest BCUT2D eigenvalue weighted by Gasteiger charge is 2.29. The summed E-state index contributed by atoms with van der Waals surface area (Å²) < 4.78 is 5.74. The molecule has 2 heterocycles. The third kappa shape index (κ3) is 2.95. The van der Waals surface area contributed by atoms with E-state index in [1.165, 1.54) is 10.4 Å². The van der Waals surface area contributed by atoms with Crippen LogP contribution in [0.1, 0.15) is 33.5 Å². The quantitative estimate of drug-likeness (QED) is 0.673. The molecule has 0 amide bonds. The number of aryl methyl sites for hydroxylation is 2. The molecule has 1 aliphatic heterocycles. The number of benzene rings is 1. The molecule has 0 radical (unpaired) electrons. The summed E-state index contributed by atoms with van der Waals surface area (Å²) in [6, 6.07) is 8.43. The minimum Gasteiger partial charge on any atom is -0.493 e. The smallest absolute Gasteiger partial charge is 0.122 e. The van der Waals surface area contributed by atoms with E-state index in [1.807, 2.05) is 12.1 Å². The van der Waals surface area contributed by atoms with Gasteiger partial charge in [-0.25, -0.2) is 4.98 Å². The molecule has 4 nitrogen and oxygen atoms in total. The van der Waals surface area contributed by atoms with Gasteiger partial charge in [-0.2, -0.15) is 0 Å². The maximum atomic E-state index is 5.84. The van der Waals surface area contributed by atoms with Gasteiger partial charge in [-0.15, -0.1) is 11.3 Å². The topological polar surface area (TPSA) is 60.2 Å². The molecular formula is C16H21N3OS. The Bertz CT molecular complexity index is 606. The van der Waals surface area contributed by atoms with E-state index < -0.39 is 0 Å². The molecule has 0 saturated carbocycles. The summed E-state index contributed by atoms with van der Waals surface area (Å²) in [4.78, 5) is 5.93. The molecule has 3 rings (SSSR count). The Morgan fingerprint density at radius 1 is 1.43 bits per heavy atom. The first-order valence-electron chi connectivity index (χ1n) is 7.30. The van der Waals surface area contributed by atoms with E-state index >= 15 is 0 Å². The zero-order valence-electron chi connectivity index (χ0n) is 12.4. The molecular weight excluding hydrogens is 282 g/mol. The van der Waals surface area contributed by atoms with Gasteiger partial charge in [0.25, 0.3) is 0 Å². The van der Waals surface area contributed by atoms with Crippen molar-refractivity contribution in [3.8, 4) is 5.75 Å². The predicted molar refractivity (Wildman–Crippen MR) is 85.7 cm³/mol.